The number of nitrogen functional groups attached to an aromatic ring is 1. The number of rotatable bonds is 3. The topological polar surface area (TPSA) is 26.0 Å². The molecule has 0 saturated carbocycles. The van der Waals surface area contributed by atoms with Gasteiger partial charge in [0.25, 0.3) is 0 Å². The Morgan fingerprint density at radius 1 is 1.62 bits per heavy atom. The molecule has 0 saturated heterocycles. The van der Waals surface area contributed by atoms with Crippen LogP contribution < -0.4 is 5.73 Å². The van der Waals surface area contributed by atoms with Gasteiger partial charge >= 0.3 is 0 Å². The maximum atomic E-state index is 12.9. The Kier molecular flexibility index (Phi) is 3.37. The largest absolute Gasteiger partial charge is 0.396 e. The van der Waals surface area contributed by atoms with Gasteiger partial charge in [-0.25, -0.2) is 4.39 Å². The van der Waals surface area contributed by atoms with E-state index in [9.17, 15) is 4.39 Å². The van der Waals surface area contributed by atoms with Crippen molar-refractivity contribution < 1.29 is 4.39 Å². The minimum absolute atomic E-state index is 0.194. The Bertz CT molecular complexity index is 323. The molecule has 1 aromatic carbocycles. The van der Waals surface area contributed by atoms with Crippen molar-refractivity contribution >= 4 is 17.4 Å². The first-order valence-electron chi connectivity index (χ1n) is 3.92. The molecule has 0 aliphatic heterocycles. The predicted molar refractivity (Wildman–Crippen MR) is 56.4 cm³/mol. The Hall–Kier alpha value is -0.960. The maximum absolute atomic E-state index is 12.9. The average molecular weight is 197 g/mol. The smallest absolute Gasteiger partial charge is 0.147 e. The summed E-state index contributed by atoms with van der Waals surface area (Å²) >= 11 is 1.56. The lowest BCUT2D eigenvalue weighted by molar-refractivity contribution is 0.629. The molecule has 2 N–H and O–H groups in total. The van der Waals surface area contributed by atoms with E-state index in [0.29, 0.717) is 0 Å². The van der Waals surface area contributed by atoms with Crippen molar-refractivity contribution in [2.45, 2.75) is 11.8 Å². The molecular weight excluding hydrogens is 185 g/mol. The second kappa shape index (κ2) is 4.33. The van der Waals surface area contributed by atoms with Crippen LogP contribution in [-0.2, 0) is 0 Å². The third-order valence-corrected chi connectivity index (χ3v) is 2.68. The van der Waals surface area contributed by atoms with Gasteiger partial charge in [0.05, 0.1) is 5.69 Å². The fraction of sp³-hybridized carbons (Fsp3) is 0.200. The fourth-order valence-corrected chi connectivity index (χ4v) is 1.57. The van der Waals surface area contributed by atoms with E-state index in [4.69, 9.17) is 5.73 Å². The van der Waals surface area contributed by atoms with Crippen LogP contribution in [0, 0.1) is 5.82 Å². The normalized spacial score (nSPS) is 10.0. The van der Waals surface area contributed by atoms with Crippen molar-refractivity contribution in [3.63, 3.8) is 0 Å². The number of thioether (sulfide) groups is 1. The maximum Gasteiger partial charge on any atom is 0.147 e. The number of halogens is 1. The lowest BCUT2D eigenvalue weighted by atomic mass is 10.3. The van der Waals surface area contributed by atoms with E-state index >= 15 is 0 Å². The summed E-state index contributed by atoms with van der Waals surface area (Å²) in [5.41, 5.74) is 6.61. The highest BCUT2D eigenvalue weighted by atomic mass is 32.2. The monoisotopic (exact) mass is 197 g/mol. The third kappa shape index (κ3) is 3.11. The molecule has 0 aromatic heterocycles. The van der Waals surface area contributed by atoms with Crippen molar-refractivity contribution in [2.24, 2.45) is 0 Å². The van der Waals surface area contributed by atoms with Crippen LogP contribution >= 0.6 is 11.8 Å². The SMILES string of the molecule is C=C(C)CSc1ccc(N)c(F)c1. The summed E-state index contributed by atoms with van der Waals surface area (Å²) in [5, 5.41) is 0. The molecule has 0 aliphatic carbocycles. The van der Waals surface area contributed by atoms with Crippen molar-refractivity contribution in [3.05, 3.63) is 36.2 Å². The van der Waals surface area contributed by atoms with Crippen LogP contribution in [0.4, 0.5) is 10.1 Å². The number of nitrogens with two attached hydrogens (primary N) is 1. The van der Waals surface area contributed by atoms with E-state index < -0.39 is 0 Å². The zero-order valence-corrected chi connectivity index (χ0v) is 8.33. The molecule has 13 heavy (non-hydrogen) atoms. The highest BCUT2D eigenvalue weighted by molar-refractivity contribution is 7.99. The Morgan fingerprint density at radius 3 is 2.85 bits per heavy atom. The Balaban J connectivity index is 2.68. The van der Waals surface area contributed by atoms with Gasteiger partial charge in [0, 0.05) is 10.6 Å². The van der Waals surface area contributed by atoms with Crippen LogP contribution in [-0.4, -0.2) is 5.75 Å². The summed E-state index contributed by atoms with van der Waals surface area (Å²) in [6, 6.07) is 4.84. The van der Waals surface area contributed by atoms with Crippen LogP contribution in [0.5, 0.6) is 0 Å². The number of hydrogen-bond acceptors (Lipinski definition) is 2. The zero-order chi connectivity index (χ0) is 9.84. The van der Waals surface area contributed by atoms with Gasteiger partial charge in [-0.3, -0.25) is 0 Å². The molecule has 70 valence electrons. The number of anilines is 1. The first kappa shape index (κ1) is 10.1. The van der Waals surface area contributed by atoms with Crippen LogP contribution in [0.25, 0.3) is 0 Å². The van der Waals surface area contributed by atoms with Gasteiger partial charge in [0.15, 0.2) is 0 Å². The summed E-state index contributed by atoms with van der Waals surface area (Å²) in [5.74, 6) is 0.454. The summed E-state index contributed by atoms with van der Waals surface area (Å²) in [4.78, 5) is 0.884. The highest BCUT2D eigenvalue weighted by Gasteiger charge is 2.00. The third-order valence-electron chi connectivity index (χ3n) is 1.46. The van der Waals surface area contributed by atoms with Gasteiger partial charge < -0.3 is 5.73 Å². The van der Waals surface area contributed by atoms with E-state index in [-0.39, 0.29) is 11.5 Å². The van der Waals surface area contributed by atoms with Gasteiger partial charge in [-0.1, -0.05) is 12.2 Å². The zero-order valence-electron chi connectivity index (χ0n) is 7.51. The molecule has 0 spiro atoms. The molecule has 1 nitrogen and oxygen atoms in total. The van der Waals surface area contributed by atoms with Crippen molar-refractivity contribution in [1.29, 1.82) is 0 Å². The van der Waals surface area contributed by atoms with E-state index in [1.165, 1.54) is 6.07 Å². The van der Waals surface area contributed by atoms with Gasteiger partial charge in [-0.05, 0) is 25.1 Å². The molecule has 0 unspecified atom stereocenters. The van der Waals surface area contributed by atoms with Gasteiger partial charge in [-0.2, -0.15) is 0 Å². The Morgan fingerprint density at radius 2 is 2.31 bits per heavy atom. The second-order valence-corrected chi connectivity index (χ2v) is 3.98. The lowest BCUT2D eigenvalue weighted by Crippen LogP contribution is -1.90. The van der Waals surface area contributed by atoms with E-state index in [1.807, 2.05) is 13.0 Å². The summed E-state index contributed by atoms with van der Waals surface area (Å²) < 4.78 is 12.9. The number of benzene rings is 1. The molecule has 3 heteroatoms. The fourth-order valence-electron chi connectivity index (χ4n) is 0.804. The molecule has 0 amide bonds. The minimum Gasteiger partial charge on any atom is -0.396 e. The van der Waals surface area contributed by atoms with E-state index in [0.717, 1.165) is 16.2 Å². The molecule has 0 fully saturated rings. The first-order chi connectivity index (χ1) is 6.09. The molecule has 0 atom stereocenters. The average Bonchev–Trinajstić information content (AvgIpc) is 2.07. The van der Waals surface area contributed by atoms with E-state index in [2.05, 4.69) is 6.58 Å². The molecular formula is C10H12FNS. The molecule has 0 bridgehead atoms. The quantitative estimate of drug-likeness (QED) is 0.458. The summed E-state index contributed by atoms with van der Waals surface area (Å²) in [7, 11) is 0. The van der Waals surface area contributed by atoms with Crippen molar-refractivity contribution in [2.75, 3.05) is 11.5 Å². The standard InChI is InChI=1S/C10H12FNS/c1-7(2)6-13-8-3-4-10(12)9(11)5-8/h3-5H,1,6,12H2,2H3. The van der Waals surface area contributed by atoms with Gasteiger partial charge in [0.1, 0.15) is 5.82 Å². The predicted octanol–water partition coefficient (Wildman–Crippen LogP) is 3.08. The molecule has 0 heterocycles. The molecule has 0 radical (unpaired) electrons. The molecule has 1 rings (SSSR count). The lowest BCUT2D eigenvalue weighted by Gasteiger charge is -2.02. The first-order valence-corrected chi connectivity index (χ1v) is 4.90. The molecule has 1 aromatic rings. The number of hydrogen-bond donors (Lipinski definition) is 1. The van der Waals surface area contributed by atoms with Crippen molar-refractivity contribution in [1.82, 2.24) is 0 Å². The Labute approximate surface area is 81.8 Å². The van der Waals surface area contributed by atoms with Crippen LogP contribution in [0.15, 0.2) is 35.2 Å². The van der Waals surface area contributed by atoms with Crippen LogP contribution in [0.1, 0.15) is 6.92 Å². The second-order valence-electron chi connectivity index (χ2n) is 2.93. The van der Waals surface area contributed by atoms with E-state index in [1.54, 1.807) is 17.8 Å². The van der Waals surface area contributed by atoms with Crippen LogP contribution in [0.2, 0.25) is 0 Å². The van der Waals surface area contributed by atoms with Crippen molar-refractivity contribution in [3.8, 4) is 0 Å². The van der Waals surface area contributed by atoms with Gasteiger partial charge in [-0.15, -0.1) is 11.8 Å². The van der Waals surface area contributed by atoms with Crippen LogP contribution in [0.3, 0.4) is 0 Å². The summed E-state index contributed by atoms with van der Waals surface area (Å²) in [6.07, 6.45) is 0. The minimum atomic E-state index is -0.355. The summed E-state index contributed by atoms with van der Waals surface area (Å²) in [6.45, 7) is 5.72. The molecule has 0 aliphatic rings. The van der Waals surface area contributed by atoms with Gasteiger partial charge in [0.2, 0.25) is 0 Å². The highest BCUT2D eigenvalue weighted by Crippen LogP contribution is 2.23.